The number of hydrogen-bond donors (Lipinski definition) is 1. The van der Waals surface area contributed by atoms with Gasteiger partial charge in [-0.05, 0) is 19.4 Å². The summed E-state index contributed by atoms with van der Waals surface area (Å²) in [5, 5.41) is -1.26. The summed E-state index contributed by atoms with van der Waals surface area (Å²) in [4.78, 5) is 0. The lowest BCUT2D eigenvalue weighted by molar-refractivity contribution is -0.129. The molecule has 0 fully saturated rings. The Kier molecular flexibility index (Phi) is 5.80. The fourth-order valence-corrected chi connectivity index (χ4v) is 2.02. The first-order chi connectivity index (χ1) is 5.91. The zero-order valence-electron chi connectivity index (χ0n) is 7.90. The monoisotopic (exact) mass is 215 g/mol. The van der Waals surface area contributed by atoms with E-state index in [1.807, 2.05) is 6.92 Å². The molecule has 0 aliphatic carbocycles. The highest BCUT2D eigenvalue weighted by atomic mass is 32.2. The molecule has 0 aliphatic rings. The number of rotatable bonds is 5. The Bertz CT molecular complexity index is 138. The van der Waals surface area contributed by atoms with E-state index in [4.69, 9.17) is 5.73 Å². The molecule has 0 aromatic heterocycles. The lowest BCUT2D eigenvalue weighted by atomic mass is 10.3. The second-order valence-corrected chi connectivity index (χ2v) is 4.61. The molecular weight excluding hydrogens is 199 g/mol. The third-order valence-electron chi connectivity index (χ3n) is 1.77. The fourth-order valence-electron chi connectivity index (χ4n) is 0.837. The van der Waals surface area contributed by atoms with Crippen LogP contribution in [0.4, 0.5) is 13.2 Å². The van der Waals surface area contributed by atoms with Gasteiger partial charge < -0.3 is 5.73 Å². The summed E-state index contributed by atoms with van der Waals surface area (Å²) in [5.74, 6) is 0. The average molecular weight is 215 g/mol. The first kappa shape index (κ1) is 13.1. The average Bonchev–Trinajstić information content (AvgIpc) is 2.01. The molecule has 0 radical (unpaired) electrons. The number of halogens is 3. The second kappa shape index (κ2) is 5.75. The summed E-state index contributed by atoms with van der Waals surface area (Å²) in [7, 11) is 0. The van der Waals surface area contributed by atoms with Gasteiger partial charge in [0.1, 0.15) is 5.25 Å². The molecule has 1 nitrogen and oxygen atoms in total. The quantitative estimate of drug-likeness (QED) is 0.763. The van der Waals surface area contributed by atoms with Crippen LogP contribution in [0.3, 0.4) is 0 Å². The molecule has 0 spiro atoms. The highest BCUT2D eigenvalue weighted by Gasteiger charge is 2.39. The molecule has 13 heavy (non-hydrogen) atoms. The van der Waals surface area contributed by atoms with E-state index in [1.165, 1.54) is 0 Å². The molecule has 0 saturated heterocycles. The van der Waals surface area contributed by atoms with Crippen molar-refractivity contribution in [1.82, 2.24) is 0 Å². The van der Waals surface area contributed by atoms with Crippen molar-refractivity contribution in [2.75, 3.05) is 6.54 Å². The number of nitrogens with two attached hydrogens (primary N) is 1. The van der Waals surface area contributed by atoms with Crippen LogP contribution in [-0.4, -0.2) is 23.2 Å². The Hall–Kier alpha value is 0.100. The minimum atomic E-state index is -4.12. The predicted octanol–water partition coefficient (Wildman–Crippen LogP) is 2.80. The van der Waals surface area contributed by atoms with Crippen molar-refractivity contribution in [1.29, 1.82) is 0 Å². The van der Waals surface area contributed by atoms with Gasteiger partial charge in [0.25, 0.3) is 0 Å². The molecule has 0 heterocycles. The van der Waals surface area contributed by atoms with Crippen molar-refractivity contribution in [2.24, 2.45) is 5.73 Å². The largest absolute Gasteiger partial charge is 0.400 e. The number of thioether (sulfide) groups is 1. The van der Waals surface area contributed by atoms with Crippen LogP contribution in [0.25, 0.3) is 0 Å². The molecule has 5 heteroatoms. The van der Waals surface area contributed by atoms with E-state index in [9.17, 15) is 13.2 Å². The second-order valence-electron chi connectivity index (χ2n) is 2.96. The normalized spacial score (nSPS) is 17.1. The SMILES string of the molecule is CCC(C)SC(CCN)C(F)(F)F. The Balaban J connectivity index is 4.10. The van der Waals surface area contributed by atoms with Crippen molar-refractivity contribution in [3.8, 4) is 0 Å². The topological polar surface area (TPSA) is 26.0 Å². The summed E-state index contributed by atoms with van der Waals surface area (Å²) in [6, 6.07) is 0. The van der Waals surface area contributed by atoms with Crippen LogP contribution in [0.2, 0.25) is 0 Å². The first-order valence-electron chi connectivity index (χ1n) is 4.34. The smallest absolute Gasteiger partial charge is 0.330 e. The van der Waals surface area contributed by atoms with Gasteiger partial charge in [-0.15, -0.1) is 11.8 Å². The predicted molar refractivity (Wildman–Crippen MR) is 50.9 cm³/mol. The van der Waals surface area contributed by atoms with Crippen LogP contribution in [0.15, 0.2) is 0 Å². The van der Waals surface area contributed by atoms with Gasteiger partial charge >= 0.3 is 6.18 Å². The van der Waals surface area contributed by atoms with Crippen LogP contribution in [0.1, 0.15) is 26.7 Å². The Morgan fingerprint density at radius 2 is 1.92 bits per heavy atom. The Labute approximate surface area is 81.3 Å². The molecule has 0 amide bonds. The minimum Gasteiger partial charge on any atom is -0.330 e. The Morgan fingerprint density at radius 3 is 2.23 bits per heavy atom. The van der Waals surface area contributed by atoms with Gasteiger partial charge in [0, 0.05) is 5.25 Å². The van der Waals surface area contributed by atoms with Crippen LogP contribution in [0.5, 0.6) is 0 Å². The molecular formula is C8H16F3NS. The zero-order valence-corrected chi connectivity index (χ0v) is 8.71. The maximum absolute atomic E-state index is 12.3. The zero-order chi connectivity index (χ0) is 10.5. The molecule has 0 saturated carbocycles. The maximum atomic E-state index is 12.3. The van der Waals surface area contributed by atoms with Gasteiger partial charge in [-0.1, -0.05) is 13.8 Å². The van der Waals surface area contributed by atoms with Crippen molar-refractivity contribution in [2.45, 2.75) is 43.4 Å². The van der Waals surface area contributed by atoms with E-state index in [0.717, 1.165) is 18.2 Å². The van der Waals surface area contributed by atoms with Crippen LogP contribution < -0.4 is 5.73 Å². The lowest BCUT2D eigenvalue weighted by Gasteiger charge is -2.21. The maximum Gasteiger partial charge on any atom is 0.400 e. The van der Waals surface area contributed by atoms with Gasteiger partial charge in [-0.2, -0.15) is 13.2 Å². The molecule has 0 aliphatic heterocycles. The van der Waals surface area contributed by atoms with Crippen molar-refractivity contribution in [3.05, 3.63) is 0 Å². The van der Waals surface area contributed by atoms with E-state index in [2.05, 4.69) is 0 Å². The standard InChI is InChI=1S/C8H16F3NS/c1-3-6(2)13-7(4-5-12)8(9,10)11/h6-7H,3-5,12H2,1-2H3. The van der Waals surface area contributed by atoms with E-state index in [-0.39, 0.29) is 18.2 Å². The summed E-state index contributed by atoms with van der Waals surface area (Å²) in [5.41, 5.74) is 5.13. The van der Waals surface area contributed by atoms with Gasteiger partial charge in [-0.3, -0.25) is 0 Å². The van der Waals surface area contributed by atoms with E-state index in [1.54, 1.807) is 6.92 Å². The van der Waals surface area contributed by atoms with Gasteiger partial charge in [0.2, 0.25) is 0 Å². The molecule has 2 N–H and O–H groups in total. The highest BCUT2D eigenvalue weighted by molar-refractivity contribution is 8.00. The van der Waals surface area contributed by atoms with Crippen LogP contribution in [0, 0.1) is 0 Å². The molecule has 0 aromatic rings. The van der Waals surface area contributed by atoms with Crippen LogP contribution >= 0.6 is 11.8 Å². The van der Waals surface area contributed by atoms with Crippen molar-refractivity contribution in [3.63, 3.8) is 0 Å². The molecule has 2 unspecified atom stereocenters. The third-order valence-corrected chi connectivity index (χ3v) is 3.39. The van der Waals surface area contributed by atoms with Gasteiger partial charge in [0.05, 0.1) is 0 Å². The van der Waals surface area contributed by atoms with Gasteiger partial charge in [-0.25, -0.2) is 0 Å². The first-order valence-corrected chi connectivity index (χ1v) is 5.28. The summed E-state index contributed by atoms with van der Waals surface area (Å²) in [6.07, 6.45) is -3.35. The van der Waals surface area contributed by atoms with Crippen LogP contribution in [-0.2, 0) is 0 Å². The number of alkyl halides is 3. The molecule has 0 aromatic carbocycles. The lowest BCUT2D eigenvalue weighted by Crippen LogP contribution is -2.29. The van der Waals surface area contributed by atoms with E-state index < -0.39 is 11.4 Å². The highest BCUT2D eigenvalue weighted by Crippen LogP contribution is 2.35. The summed E-state index contributed by atoms with van der Waals surface area (Å²) >= 11 is 0.971. The van der Waals surface area contributed by atoms with E-state index in [0.29, 0.717) is 0 Å². The summed E-state index contributed by atoms with van der Waals surface area (Å²) in [6.45, 7) is 3.78. The fraction of sp³-hybridized carbons (Fsp3) is 1.00. The third kappa shape index (κ3) is 5.41. The van der Waals surface area contributed by atoms with Gasteiger partial charge in [0.15, 0.2) is 0 Å². The molecule has 0 bridgehead atoms. The molecule has 80 valence electrons. The molecule has 2 atom stereocenters. The Morgan fingerprint density at radius 1 is 1.38 bits per heavy atom. The van der Waals surface area contributed by atoms with E-state index >= 15 is 0 Å². The number of hydrogen-bond acceptors (Lipinski definition) is 2. The summed E-state index contributed by atoms with van der Waals surface area (Å²) < 4.78 is 37.0. The van der Waals surface area contributed by atoms with Crippen molar-refractivity contribution >= 4 is 11.8 Å². The van der Waals surface area contributed by atoms with Crippen molar-refractivity contribution < 1.29 is 13.2 Å². The minimum absolute atomic E-state index is 0.0124. The molecule has 0 rings (SSSR count).